The number of carbonyl (C=O) groups is 2. The number of nitrogens with zero attached hydrogens (tertiary/aromatic N) is 4. The molecule has 0 radical (unpaired) electrons. The quantitative estimate of drug-likeness (QED) is 0.327. The lowest BCUT2D eigenvalue weighted by Gasteiger charge is -2.14. The number of nitrogens with one attached hydrogen (secondary N) is 1. The van der Waals surface area contributed by atoms with Crippen LogP contribution in [0.5, 0.6) is 0 Å². The zero-order chi connectivity index (χ0) is 15.1. The molecular weight excluding hydrogens is 284 g/mol. The van der Waals surface area contributed by atoms with E-state index in [0.29, 0.717) is 10.9 Å². The number of ether oxygens (including phenoxy) is 1. The minimum Gasteiger partial charge on any atom is -0.465 e. The van der Waals surface area contributed by atoms with E-state index in [0.717, 1.165) is 11.8 Å². The van der Waals surface area contributed by atoms with Gasteiger partial charge in [-0.2, -0.15) is 5.10 Å². The van der Waals surface area contributed by atoms with Crippen molar-refractivity contribution in [1.82, 2.24) is 20.2 Å². The fraction of sp³-hybridized carbons (Fsp3) is 0.500. The van der Waals surface area contributed by atoms with Crippen LogP contribution in [0, 0.1) is 0 Å². The van der Waals surface area contributed by atoms with Crippen molar-refractivity contribution in [3.05, 3.63) is 6.33 Å². The lowest BCUT2D eigenvalue weighted by molar-refractivity contribution is -0.141. The number of carbonyl (C=O) groups excluding carboxylic acids is 2. The number of nitrogens with two attached hydrogens (primary N) is 1. The first kappa shape index (κ1) is 16.0. The number of thioether (sulfide) groups is 1. The van der Waals surface area contributed by atoms with Gasteiger partial charge in [-0.1, -0.05) is 11.8 Å². The molecule has 3 N–H and O–H groups in total. The summed E-state index contributed by atoms with van der Waals surface area (Å²) in [5, 5.41) is 11.1. The Morgan fingerprint density at radius 2 is 2.35 bits per heavy atom. The van der Waals surface area contributed by atoms with E-state index in [1.54, 1.807) is 25.5 Å². The zero-order valence-corrected chi connectivity index (χ0v) is 12.2. The molecule has 0 aliphatic rings. The van der Waals surface area contributed by atoms with Crippen molar-refractivity contribution < 1.29 is 14.3 Å². The number of amides is 2. The van der Waals surface area contributed by atoms with Crippen LogP contribution in [0.3, 0.4) is 0 Å². The summed E-state index contributed by atoms with van der Waals surface area (Å²) in [6, 6.07) is -0.810. The summed E-state index contributed by atoms with van der Waals surface area (Å²) in [5.41, 5.74) is 7.35. The summed E-state index contributed by atoms with van der Waals surface area (Å²) in [6.45, 7) is 3.53. The second-order valence-electron chi connectivity index (χ2n) is 3.70. The molecule has 0 bridgehead atoms. The van der Waals surface area contributed by atoms with Crippen LogP contribution in [0.1, 0.15) is 13.8 Å². The highest BCUT2D eigenvalue weighted by Gasteiger charge is 2.26. The van der Waals surface area contributed by atoms with Crippen LogP contribution in [-0.4, -0.2) is 44.3 Å². The van der Waals surface area contributed by atoms with Crippen molar-refractivity contribution in [1.29, 1.82) is 0 Å². The zero-order valence-electron chi connectivity index (χ0n) is 11.4. The maximum absolute atomic E-state index is 11.9. The third-order valence-corrected chi connectivity index (χ3v) is 3.47. The number of hydrogen-bond acceptors (Lipinski definition) is 7. The highest BCUT2D eigenvalue weighted by molar-refractivity contribution is 8.01. The summed E-state index contributed by atoms with van der Waals surface area (Å²) >= 11 is 1.12. The standard InChI is InChI=1S/C10H16N6O3S/c1-4-19-8(17)7(6(2)13-14-9(11)18)20-10-15-12-5-16(10)3/h5,7H,4H2,1-3H3,(H3,11,14,18)/b13-6+. The molecule has 0 aromatic carbocycles. The van der Waals surface area contributed by atoms with Gasteiger partial charge in [0.1, 0.15) is 11.6 Å². The van der Waals surface area contributed by atoms with Gasteiger partial charge in [-0.25, -0.2) is 10.2 Å². The Hall–Kier alpha value is -2.10. The second kappa shape index (κ2) is 7.48. The Morgan fingerprint density at radius 3 is 2.85 bits per heavy atom. The van der Waals surface area contributed by atoms with E-state index in [-0.39, 0.29) is 6.61 Å². The van der Waals surface area contributed by atoms with E-state index >= 15 is 0 Å². The van der Waals surface area contributed by atoms with Crippen LogP contribution in [-0.2, 0) is 16.6 Å². The molecule has 0 aliphatic heterocycles. The molecule has 1 unspecified atom stereocenters. The van der Waals surface area contributed by atoms with Gasteiger partial charge in [-0.3, -0.25) is 4.79 Å². The van der Waals surface area contributed by atoms with Crippen molar-refractivity contribution in [2.45, 2.75) is 24.3 Å². The molecule has 1 atom stereocenters. The van der Waals surface area contributed by atoms with E-state index in [4.69, 9.17) is 10.5 Å². The third kappa shape index (κ3) is 4.53. The third-order valence-electron chi connectivity index (χ3n) is 2.12. The Morgan fingerprint density at radius 1 is 1.65 bits per heavy atom. The van der Waals surface area contributed by atoms with Gasteiger partial charge in [0, 0.05) is 7.05 Å². The van der Waals surface area contributed by atoms with Gasteiger partial charge in [0.25, 0.3) is 0 Å². The normalized spacial score (nSPS) is 12.8. The summed E-state index contributed by atoms with van der Waals surface area (Å²) in [7, 11) is 1.75. The molecule has 1 rings (SSSR count). The minimum atomic E-state index is -0.810. The molecule has 9 nitrogen and oxygen atoms in total. The van der Waals surface area contributed by atoms with Crippen LogP contribution >= 0.6 is 11.8 Å². The molecule has 110 valence electrons. The van der Waals surface area contributed by atoms with E-state index in [1.807, 2.05) is 0 Å². The SMILES string of the molecule is CCOC(=O)C(Sc1nncn1C)/C(C)=N/NC(N)=O. The van der Waals surface area contributed by atoms with Crippen molar-refractivity contribution in [2.75, 3.05) is 6.61 Å². The molecule has 2 amide bonds. The van der Waals surface area contributed by atoms with E-state index in [9.17, 15) is 9.59 Å². The Kier molecular flexibility index (Phi) is 5.97. The fourth-order valence-corrected chi connectivity index (χ4v) is 2.11. The predicted molar refractivity (Wildman–Crippen MR) is 73.1 cm³/mol. The van der Waals surface area contributed by atoms with Crippen molar-refractivity contribution in [3.63, 3.8) is 0 Å². The number of rotatable bonds is 6. The van der Waals surface area contributed by atoms with Crippen molar-refractivity contribution in [2.24, 2.45) is 17.9 Å². The first-order chi connectivity index (χ1) is 9.45. The highest BCUT2D eigenvalue weighted by Crippen LogP contribution is 2.22. The first-order valence-corrected chi connectivity index (χ1v) is 6.60. The van der Waals surface area contributed by atoms with Crippen molar-refractivity contribution >= 4 is 29.5 Å². The highest BCUT2D eigenvalue weighted by atomic mass is 32.2. The minimum absolute atomic E-state index is 0.241. The van der Waals surface area contributed by atoms with Crippen LogP contribution < -0.4 is 11.2 Å². The van der Waals surface area contributed by atoms with Crippen LogP contribution in [0.25, 0.3) is 0 Å². The molecule has 1 aromatic rings. The molecule has 0 aliphatic carbocycles. The molecule has 0 saturated carbocycles. The second-order valence-corrected chi connectivity index (χ2v) is 4.78. The average molecular weight is 300 g/mol. The number of urea groups is 1. The number of aromatic nitrogens is 3. The van der Waals surface area contributed by atoms with Crippen LogP contribution in [0.4, 0.5) is 4.79 Å². The number of primary amides is 1. The Bertz CT molecular complexity index is 515. The average Bonchev–Trinajstić information content (AvgIpc) is 2.78. The summed E-state index contributed by atoms with van der Waals surface area (Å²) < 4.78 is 6.64. The number of aryl methyl sites for hydroxylation is 1. The smallest absolute Gasteiger partial charge is 0.332 e. The van der Waals surface area contributed by atoms with Crippen LogP contribution in [0.2, 0.25) is 0 Å². The van der Waals surface area contributed by atoms with Gasteiger partial charge >= 0.3 is 12.0 Å². The first-order valence-electron chi connectivity index (χ1n) is 5.72. The Balaban J connectivity index is 2.90. The van der Waals surface area contributed by atoms with E-state index < -0.39 is 17.3 Å². The van der Waals surface area contributed by atoms with Gasteiger partial charge in [-0.05, 0) is 13.8 Å². The fourth-order valence-electron chi connectivity index (χ4n) is 1.21. The molecule has 0 saturated heterocycles. The molecule has 0 spiro atoms. The molecule has 20 heavy (non-hydrogen) atoms. The molecule has 10 heteroatoms. The van der Waals surface area contributed by atoms with E-state index in [1.165, 1.54) is 6.33 Å². The lowest BCUT2D eigenvalue weighted by atomic mass is 10.3. The van der Waals surface area contributed by atoms with Gasteiger partial charge in [0.15, 0.2) is 5.16 Å². The van der Waals surface area contributed by atoms with Gasteiger partial charge in [0.05, 0.1) is 12.3 Å². The number of esters is 1. The summed E-state index contributed by atoms with van der Waals surface area (Å²) in [6.07, 6.45) is 1.51. The molecule has 1 heterocycles. The number of hydrazone groups is 1. The van der Waals surface area contributed by atoms with Crippen LogP contribution in [0.15, 0.2) is 16.6 Å². The van der Waals surface area contributed by atoms with Gasteiger partial charge in [0.2, 0.25) is 0 Å². The largest absolute Gasteiger partial charge is 0.465 e. The van der Waals surface area contributed by atoms with E-state index in [2.05, 4.69) is 20.7 Å². The lowest BCUT2D eigenvalue weighted by Crippen LogP contribution is -2.32. The molecule has 1 aromatic heterocycles. The Labute approximate surface area is 119 Å². The maximum Gasteiger partial charge on any atom is 0.332 e. The topological polar surface area (TPSA) is 124 Å². The molecule has 0 fully saturated rings. The predicted octanol–water partition coefficient (Wildman–Crippen LogP) is -0.117. The van der Waals surface area contributed by atoms with Gasteiger partial charge < -0.3 is 15.0 Å². The summed E-state index contributed by atoms with van der Waals surface area (Å²) in [5.74, 6) is -0.479. The monoisotopic (exact) mass is 300 g/mol. The maximum atomic E-state index is 11.9. The number of hydrogen-bond donors (Lipinski definition) is 2. The van der Waals surface area contributed by atoms with Gasteiger partial charge in [-0.15, -0.1) is 10.2 Å². The van der Waals surface area contributed by atoms with Crippen molar-refractivity contribution in [3.8, 4) is 0 Å². The summed E-state index contributed by atoms with van der Waals surface area (Å²) in [4.78, 5) is 22.6. The molecular formula is C10H16N6O3S.